The topological polar surface area (TPSA) is 95.6 Å². The SMILES string of the molecule is CCc1c(C#N)c(-c2ccc(-c3ccccc3CC#N)cc2)c(C(N)=O)n1C. The number of primary amides is 1. The first kappa shape index (κ1) is 18.9. The summed E-state index contributed by atoms with van der Waals surface area (Å²) in [5, 5.41) is 18.7. The van der Waals surface area contributed by atoms with Gasteiger partial charge in [-0.25, -0.2) is 0 Å². The van der Waals surface area contributed by atoms with Crippen molar-refractivity contribution in [3.8, 4) is 34.4 Å². The van der Waals surface area contributed by atoms with Crippen LogP contribution >= 0.6 is 0 Å². The first-order valence-electron chi connectivity index (χ1n) is 9.00. The second-order valence-corrected chi connectivity index (χ2v) is 6.50. The summed E-state index contributed by atoms with van der Waals surface area (Å²) in [5.74, 6) is -0.558. The lowest BCUT2D eigenvalue weighted by Crippen LogP contribution is -2.17. The Labute approximate surface area is 164 Å². The van der Waals surface area contributed by atoms with Gasteiger partial charge in [0.15, 0.2) is 0 Å². The van der Waals surface area contributed by atoms with Crippen LogP contribution < -0.4 is 5.73 Å². The number of benzene rings is 2. The number of rotatable bonds is 5. The Morgan fingerprint density at radius 3 is 2.29 bits per heavy atom. The Hall–Kier alpha value is -3.83. The minimum Gasteiger partial charge on any atom is -0.364 e. The van der Waals surface area contributed by atoms with E-state index in [-0.39, 0.29) is 0 Å². The maximum atomic E-state index is 12.1. The number of hydrogen-bond acceptors (Lipinski definition) is 3. The normalized spacial score (nSPS) is 10.3. The first-order valence-corrected chi connectivity index (χ1v) is 9.00. The molecule has 0 aliphatic rings. The highest BCUT2D eigenvalue weighted by atomic mass is 16.1. The third-order valence-electron chi connectivity index (χ3n) is 4.97. The van der Waals surface area contributed by atoms with Gasteiger partial charge in [-0.3, -0.25) is 4.79 Å². The Balaban J connectivity index is 2.15. The van der Waals surface area contributed by atoms with Gasteiger partial charge in [-0.2, -0.15) is 10.5 Å². The molecule has 0 aliphatic heterocycles. The molecule has 0 saturated heterocycles. The number of nitriles is 2. The Bertz CT molecular complexity index is 1130. The molecule has 0 atom stereocenters. The van der Waals surface area contributed by atoms with E-state index in [1.165, 1.54) is 0 Å². The third-order valence-corrected chi connectivity index (χ3v) is 4.97. The maximum absolute atomic E-state index is 12.1. The number of nitrogens with two attached hydrogens (primary N) is 1. The van der Waals surface area contributed by atoms with Crippen LogP contribution in [0.25, 0.3) is 22.3 Å². The average molecular weight is 368 g/mol. The quantitative estimate of drug-likeness (QED) is 0.738. The van der Waals surface area contributed by atoms with Crippen molar-refractivity contribution in [2.75, 3.05) is 0 Å². The van der Waals surface area contributed by atoms with Crippen molar-refractivity contribution in [2.45, 2.75) is 19.8 Å². The van der Waals surface area contributed by atoms with Gasteiger partial charge in [0.2, 0.25) is 0 Å². The molecule has 0 saturated carbocycles. The van der Waals surface area contributed by atoms with Crippen LogP contribution in [0.3, 0.4) is 0 Å². The molecule has 28 heavy (non-hydrogen) atoms. The van der Waals surface area contributed by atoms with E-state index in [9.17, 15) is 10.1 Å². The third kappa shape index (κ3) is 3.15. The molecule has 2 aromatic carbocycles. The van der Waals surface area contributed by atoms with Gasteiger partial charge >= 0.3 is 0 Å². The molecule has 1 amide bonds. The molecule has 0 fully saturated rings. The molecule has 3 aromatic rings. The van der Waals surface area contributed by atoms with Gasteiger partial charge in [0.1, 0.15) is 11.8 Å². The van der Waals surface area contributed by atoms with E-state index >= 15 is 0 Å². The Morgan fingerprint density at radius 1 is 1.07 bits per heavy atom. The van der Waals surface area contributed by atoms with Crippen LogP contribution in [0.2, 0.25) is 0 Å². The zero-order valence-corrected chi connectivity index (χ0v) is 15.9. The summed E-state index contributed by atoms with van der Waals surface area (Å²) in [5.41, 5.74) is 11.5. The molecule has 0 radical (unpaired) electrons. The zero-order chi connectivity index (χ0) is 20.3. The van der Waals surface area contributed by atoms with Crippen molar-refractivity contribution in [1.82, 2.24) is 4.57 Å². The van der Waals surface area contributed by atoms with Gasteiger partial charge in [0.05, 0.1) is 18.1 Å². The minimum atomic E-state index is -0.558. The fourth-order valence-corrected chi connectivity index (χ4v) is 3.69. The van der Waals surface area contributed by atoms with Crippen molar-refractivity contribution < 1.29 is 4.79 Å². The van der Waals surface area contributed by atoms with Gasteiger partial charge in [-0.05, 0) is 28.7 Å². The largest absolute Gasteiger partial charge is 0.364 e. The molecule has 0 bridgehead atoms. The molecule has 3 rings (SSSR count). The number of amides is 1. The van der Waals surface area contributed by atoms with Gasteiger partial charge in [-0.1, -0.05) is 55.5 Å². The molecule has 0 aliphatic carbocycles. The van der Waals surface area contributed by atoms with Crippen LogP contribution in [0, 0.1) is 22.7 Å². The van der Waals surface area contributed by atoms with Gasteiger partial charge in [0, 0.05) is 18.3 Å². The van der Waals surface area contributed by atoms with Crippen molar-refractivity contribution in [2.24, 2.45) is 12.8 Å². The highest BCUT2D eigenvalue weighted by molar-refractivity contribution is 6.01. The van der Waals surface area contributed by atoms with E-state index in [0.717, 1.165) is 27.9 Å². The predicted octanol–water partition coefficient (Wildman–Crippen LogP) is 3.96. The summed E-state index contributed by atoms with van der Waals surface area (Å²) in [4.78, 5) is 12.1. The summed E-state index contributed by atoms with van der Waals surface area (Å²) >= 11 is 0. The predicted molar refractivity (Wildman–Crippen MR) is 108 cm³/mol. The van der Waals surface area contributed by atoms with Crippen molar-refractivity contribution in [3.05, 3.63) is 71.0 Å². The number of carbonyl (C=O) groups is 1. The molecular weight excluding hydrogens is 348 g/mol. The van der Waals surface area contributed by atoms with Crippen LogP contribution in [-0.4, -0.2) is 10.5 Å². The molecular formula is C23H20N4O. The Morgan fingerprint density at radius 2 is 1.71 bits per heavy atom. The maximum Gasteiger partial charge on any atom is 0.266 e. The molecule has 1 heterocycles. The molecule has 0 spiro atoms. The van der Waals surface area contributed by atoms with Gasteiger partial charge in [-0.15, -0.1) is 0 Å². The van der Waals surface area contributed by atoms with E-state index in [1.807, 2.05) is 55.5 Å². The summed E-state index contributed by atoms with van der Waals surface area (Å²) in [6.07, 6.45) is 0.958. The molecule has 5 nitrogen and oxygen atoms in total. The van der Waals surface area contributed by atoms with E-state index in [2.05, 4.69) is 12.1 Å². The van der Waals surface area contributed by atoms with Crippen molar-refractivity contribution in [1.29, 1.82) is 10.5 Å². The lowest BCUT2D eigenvalue weighted by atomic mass is 9.94. The molecule has 1 aromatic heterocycles. The lowest BCUT2D eigenvalue weighted by molar-refractivity contribution is 0.0993. The Kier molecular flexibility index (Phi) is 5.29. The smallest absolute Gasteiger partial charge is 0.266 e. The molecule has 138 valence electrons. The number of carbonyl (C=O) groups excluding carboxylic acids is 1. The molecule has 0 unspecified atom stereocenters. The number of hydrogen-bond donors (Lipinski definition) is 1. The van der Waals surface area contributed by atoms with E-state index in [0.29, 0.717) is 29.7 Å². The average Bonchev–Trinajstić information content (AvgIpc) is 3.00. The number of nitrogens with zero attached hydrogens (tertiary/aromatic N) is 3. The minimum absolute atomic E-state index is 0.334. The highest BCUT2D eigenvalue weighted by Crippen LogP contribution is 2.34. The molecule has 5 heteroatoms. The van der Waals surface area contributed by atoms with Crippen LogP contribution in [-0.2, 0) is 19.9 Å². The number of aromatic nitrogens is 1. The first-order chi connectivity index (χ1) is 13.5. The summed E-state index contributed by atoms with van der Waals surface area (Å²) in [6.45, 7) is 1.94. The zero-order valence-electron chi connectivity index (χ0n) is 15.9. The second-order valence-electron chi connectivity index (χ2n) is 6.50. The van der Waals surface area contributed by atoms with Crippen LogP contribution in [0.5, 0.6) is 0 Å². The second kappa shape index (κ2) is 7.82. The van der Waals surface area contributed by atoms with Crippen molar-refractivity contribution in [3.63, 3.8) is 0 Å². The van der Waals surface area contributed by atoms with E-state index in [4.69, 9.17) is 11.0 Å². The summed E-state index contributed by atoms with van der Waals surface area (Å²) in [7, 11) is 1.76. The van der Waals surface area contributed by atoms with Crippen LogP contribution in [0.1, 0.15) is 34.2 Å². The van der Waals surface area contributed by atoms with Crippen LogP contribution in [0.4, 0.5) is 0 Å². The summed E-state index contributed by atoms with van der Waals surface area (Å²) in [6, 6.07) is 19.9. The van der Waals surface area contributed by atoms with Gasteiger partial charge in [0.25, 0.3) is 5.91 Å². The highest BCUT2D eigenvalue weighted by Gasteiger charge is 2.24. The standard InChI is InChI=1S/C23H20N4O/c1-3-20-19(14-25)21(22(23(26)28)27(20)2)17-10-8-16(9-11-17)18-7-5-4-6-15(18)12-13-24/h4-11H,3,12H2,1-2H3,(H2,26,28). The monoisotopic (exact) mass is 368 g/mol. The van der Waals surface area contributed by atoms with Gasteiger partial charge < -0.3 is 10.3 Å². The fourth-order valence-electron chi connectivity index (χ4n) is 3.69. The van der Waals surface area contributed by atoms with E-state index < -0.39 is 5.91 Å². The fraction of sp³-hybridized carbons (Fsp3) is 0.174. The summed E-state index contributed by atoms with van der Waals surface area (Å²) < 4.78 is 1.71. The van der Waals surface area contributed by atoms with Crippen LogP contribution in [0.15, 0.2) is 48.5 Å². The van der Waals surface area contributed by atoms with E-state index in [1.54, 1.807) is 11.6 Å². The van der Waals surface area contributed by atoms with Crippen molar-refractivity contribution >= 4 is 5.91 Å². The lowest BCUT2D eigenvalue weighted by Gasteiger charge is -2.09. The molecule has 2 N–H and O–H groups in total.